The van der Waals surface area contributed by atoms with Crippen LogP contribution in [0.15, 0.2) is 0 Å². The van der Waals surface area contributed by atoms with Gasteiger partial charge in [-0.15, -0.1) is 0 Å². The third kappa shape index (κ3) is 0.992. The normalized spacial score (nSPS) is 34.1. The molecule has 1 N–H and O–H groups in total. The molecule has 1 aliphatic rings. The van der Waals surface area contributed by atoms with E-state index in [4.69, 9.17) is 0 Å². The predicted octanol–water partition coefficient (Wildman–Crippen LogP) is -0.328. The Morgan fingerprint density at radius 1 is 1.50 bits per heavy atom. The van der Waals surface area contributed by atoms with Crippen LogP contribution in [0.25, 0.3) is 0 Å². The summed E-state index contributed by atoms with van der Waals surface area (Å²) in [6, 6.07) is 0. The summed E-state index contributed by atoms with van der Waals surface area (Å²) in [5, 5.41) is 2.07. The van der Waals surface area contributed by atoms with Crippen LogP contribution >= 0.6 is 0 Å². The Kier molecular flexibility index (Phi) is 1.51. The second-order valence-corrected chi connectivity index (χ2v) is 2.40. The van der Waals surface area contributed by atoms with E-state index in [0.29, 0.717) is 6.17 Å². The zero-order valence-electron chi connectivity index (χ0n) is 5.68. The number of hydrogen-bond donors (Lipinski definition) is 1. The third-order valence-corrected chi connectivity index (χ3v) is 1.50. The van der Waals surface area contributed by atoms with Crippen LogP contribution in [0.4, 0.5) is 0 Å². The summed E-state index contributed by atoms with van der Waals surface area (Å²) >= 11 is 0. The number of nitrogens with zero attached hydrogens (tertiary/aromatic N) is 2. The van der Waals surface area contributed by atoms with E-state index in [-0.39, 0.29) is 0 Å². The molecule has 1 saturated heterocycles. The van der Waals surface area contributed by atoms with Crippen LogP contribution in [-0.4, -0.2) is 36.8 Å². The first-order valence-corrected chi connectivity index (χ1v) is 2.87. The molecular weight excluding hydrogens is 102 g/mol. The Bertz CT molecular complexity index is 73.7. The molecule has 1 heterocycles. The fraction of sp³-hybridized carbons (Fsp3) is 1.00. The van der Waals surface area contributed by atoms with Gasteiger partial charge in [0, 0.05) is 7.05 Å². The molecule has 1 aliphatic heterocycles. The quantitative estimate of drug-likeness (QED) is 0.466. The van der Waals surface area contributed by atoms with Crippen molar-refractivity contribution in [2.24, 2.45) is 0 Å². The van der Waals surface area contributed by atoms with E-state index in [0.717, 1.165) is 6.67 Å². The Balaban J connectivity index is 2.39. The maximum absolute atomic E-state index is 3.23. The van der Waals surface area contributed by atoms with Crippen LogP contribution in [0.3, 0.4) is 0 Å². The predicted molar refractivity (Wildman–Crippen MR) is 33.0 cm³/mol. The summed E-state index contributed by atoms with van der Waals surface area (Å²) in [5.41, 5.74) is 3.23. The van der Waals surface area contributed by atoms with Gasteiger partial charge >= 0.3 is 0 Å². The van der Waals surface area contributed by atoms with Crippen molar-refractivity contribution in [1.82, 2.24) is 15.3 Å². The SMILES string of the molecule is CC1NN(C)CN1C. The molecule has 48 valence electrons. The van der Waals surface area contributed by atoms with E-state index in [1.165, 1.54) is 0 Å². The fourth-order valence-corrected chi connectivity index (χ4v) is 0.915. The Hall–Kier alpha value is -0.120. The van der Waals surface area contributed by atoms with Crippen molar-refractivity contribution in [3.63, 3.8) is 0 Å². The van der Waals surface area contributed by atoms with E-state index < -0.39 is 0 Å². The molecule has 0 aliphatic carbocycles. The average molecular weight is 115 g/mol. The highest BCUT2D eigenvalue weighted by Gasteiger charge is 2.18. The molecule has 0 aromatic carbocycles. The molecule has 0 aromatic heterocycles. The Labute approximate surface area is 50.2 Å². The number of nitrogens with one attached hydrogen (secondary N) is 1. The maximum Gasteiger partial charge on any atom is 0.0711 e. The van der Waals surface area contributed by atoms with Crippen molar-refractivity contribution in [2.45, 2.75) is 13.1 Å². The lowest BCUT2D eigenvalue weighted by molar-refractivity contribution is 0.282. The zero-order chi connectivity index (χ0) is 6.15. The fourth-order valence-electron chi connectivity index (χ4n) is 0.915. The van der Waals surface area contributed by atoms with E-state index in [1.54, 1.807) is 0 Å². The maximum atomic E-state index is 3.23. The van der Waals surface area contributed by atoms with Gasteiger partial charge in [-0.1, -0.05) is 0 Å². The van der Waals surface area contributed by atoms with E-state index in [9.17, 15) is 0 Å². The first-order valence-electron chi connectivity index (χ1n) is 2.87. The average Bonchev–Trinajstić information content (AvgIpc) is 1.85. The van der Waals surface area contributed by atoms with Crippen LogP contribution in [0.1, 0.15) is 6.92 Å². The van der Waals surface area contributed by atoms with Crippen LogP contribution in [0, 0.1) is 0 Å². The summed E-state index contributed by atoms with van der Waals surface area (Å²) in [4.78, 5) is 2.24. The topological polar surface area (TPSA) is 18.5 Å². The van der Waals surface area contributed by atoms with Gasteiger partial charge in [-0.05, 0) is 14.0 Å². The molecular formula is C5H13N3. The number of hydrazine groups is 1. The Morgan fingerprint density at radius 3 is 2.25 bits per heavy atom. The summed E-state index contributed by atoms with van der Waals surface area (Å²) in [5.74, 6) is 0. The van der Waals surface area contributed by atoms with E-state index >= 15 is 0 Å². The lowest BCUT2D eigenvalue weighted by Crippen LogP contribution is -2.32. The van der Waals surface area contributed by atoms with Crippen molar-refractivity contribution < 1.29 is 0 Å². The zero-order valence-corrected chi connectivity index (χ0v) is 5.68. The van der Waals surface area contributed by atoms with Crippen molar-refractivity contribution in [3.05, 3.63) is 0 Å². The molecule has 0 radical (unpaired) electrons. The molecule has 1 rings (SSSR count). The first kappa shape index (κ1) is 6.01. The highest BCUT2D eigenvalue weighted by molar-refractivity contribution is 4.63. The summed E-state index contributed by atoms with van der Waals surface area (Å²) in [6.07, 6.45) is 0.500. The molecule has 1 atom stereocenters. The molecule has 3 heteroatoms. The second kappa shape index (κ2) is 2.01. The van der Waals surface area contributed by atoms with Crippen LogP contribution in [0.2, 0.25) is 0 Å². The van der Waals surface area contributed by atoms with Gasteiger partial charge in [0.2, 0.25) is 0 Å². The van der Waals surface area contributed by atoms with E-state index in [2.05, 4.69) is 29.3 Å². The summed E-state index contributed by atoms with van der Waals surface area (Å²) < 4.78 is 0. The van der Waals surface area contributed by atoms with Gasteiger partial charge in [0.1, 0.15) is 0 Å². The van der Waals surface area contributed by atoms with Gasteiger partial charge < -0.3 is 0 Å². The lowest BCUT2D eigenvalue weighted by atomic mass is 10.6. The third-order valence-electron chi connectivity index (χ3n) is 1.50. The van der Waals surface area contributed by atoms with Gasteiger partial charge in [-0.2, -0.15) is 0 Å². The minimum atomic E-state index is 0.500. The minimum Gasteiger partial charge on any atom is -0.276 e. The van der Waals surface area contributed by atoms with E-state index in [1.807, 2.05) is 7.05 Å². The van der Waals surface area contributed by atoms with Gasteiger partial charge in [-0.3, -0.25) is 4.90 Å². The van der Waals surface area contributed by atoms with Gasteiger partial charge in [0.25, 0.3) is 0 Å². The van der Waals surface area contributed by atoms with Crippen LogP contribution in [-0.2, 0) is 0 Å². The molecule has 0 amide bonds. The molecule has 0 bridgehead atoms. The molecule has 0 saturated carbocycles. The number of rotatable bonds is 0. The molecule has 0 spiro atoms. The molecule has 3 nitrogen and oxygen atoms in total. The van der Waals surface area contributed by atoms with Gasteiger partial charge in [-0.25, -0.2) is 10.4 Å². The molecule has 8 heavy (non-hydrogen) atoms. The van der Waals surface area contributed by atoms with Gasteiger partial charge in [0.15, 0.2) is 0 Å². The van der Waals surface area contributed by atoms with Crippen molar-refractivity contribution in [3.8, 4) is 0 Å². The van der Waals surface area contributed by atoms with Crippen LogP contribution < -0.4 is 5.43 Å². The van der Waals surface area contributed by atoms with Crippen molar-refractivity contribution >= 4 is 0 Å². The van der Waals surface area contributed by atoms with Crippen molar-refractivity contribution in [1.29, 1.82) is 0 Å². The molecule has 0 aromatic rings. The summed E-state index contributed by atoms with van der Waals surface area (Å²) in [7, 11) is 4.14. The largest absolute Gasteiger partial charge is 0.276 e. The van der Waals surface area contributed by atoms with Crippen LogP contribution in [0.5, 0.6) is 0 Å². The highest BCUT2D eigenvalue weighted by Crippen LogP contribution is 1.99. The highest BCUT2D eigenvalue weighted by atomic mass is 15.6. The lowest BCUT2D eigenvalue weighted by Gasteiger charge is -2.09. The smallest absolute Gasteiger partial charge is 0.0711 e. The standard InChI is InChI=1S/C5H13N3/c1-5-6-8(3)4-7(5)2/h5-6H,4H2,1-3H3. The first-order chi connectivity index (χ1) is 3.70. The second-order valence-electron chi connectivity index (χ2n) is 2.40. The van der Waals surface area contributed by atoms with Crippen molar-refractivity contribution in [2.75, 3.05) is 20.8 Å². The number of hydrogen-bond acceptors (Lipinski definition) is 3. The monoisotopic (exact) mass is 115 g/mol. The minimum absolute atomic E-state index is 0.500. The summed E-state index contributed by atoms with van der Waals surface area (Å²) in [6.45, 7) is 3.16. The molecule has 1 unspecified atom stereocenters. The van der Waals surface area contributed by atoms with Gasteiger partial charge in [0.05, 0.1) is 12.8 Å². The Morgan fingerprint density at radius 2 is 2.12 bits per heavy atom. The molecule has 1 fully saturated rings.